The SMILES string of the molecule is O=C(O)C[C@H]1c2ccccc2OC[C@@H]1c1ccccc1. The molecule has 0 saturated carbocycles. The van der Waals surface area contributed by atoms with Gasteiger partial charge in [0.15, 0.2) is 0 Å². The maximum absolute atomic E-state index is 11.2. The summed E-state index contributed by atoms with van der Waals surface area (Å²) >= 11 is 0. The third kappa shape index (κ3) is 2.39. The second kappa shape index (κ2) is 5.37. The zero-order valence-corrected chi connectivity index (χ0v) is 11.0. The van der Waals surface area contributed by atoms with E-state index in [-0.39, 0.29) is 18.3 Å². The summed E-state index contributed by atoms with van der Waals surface area (Å²) in [7, 11) is 0. The normalized spacial score (nSPS) is 20.8. The molecule has 102 valence electrons. The highest BCUT2D eigenvalue weighted by atomic mass is 16.5. The molecule has 2 atom stereocenters. The molecule has 0 radical (unpaired) electrons. The Labute approximate surface area is 117 Å². The van der Waals surface area contributed by atoms with Crippen molar-refractivity contribution in [3.8, 4) is 5.75 Å². The predicted molar refractivity (Wildman–Crippen MR) is 76.1 cm³/mol. The minimum atomic E-state index is -0.771. The molecule has 3 nitrogen and oxygen atoms in total. The number of benzene rings is 2. The van der Waals surface area contributed by atoms with Crippen molar-refractivity contribution in [3.05, 3.63) is 65.7 Å². The van der Waals surface area contributed by atoms with Gasteiger partial charge in [-0.1, -0.05) is 48.5 Å². The van der Waals surface area contributed by atoms with Gasteiger partial charge in [0, 0.05) is 11.8 Å². The molecule has 3 heteroatoms. The largest absolute Gasteiger partial charge is 0.493 e. The van der Waals surface area contributed by atoms with Crippen LogP contribution in [-0.4, -0.2) is 17.7 Å². The number of carboxylic acids is 1. The lowest BCUT2D eigenvalue weighted by Crippen LogP contribution is -2.26. The van der Waals surface area contributed by atoms with Gasteiger partial charge in [0.05, 0.1) is 13.0 Å². The van der Waals surface area contributed by atoms with Crippen LogP contribution < -0.4 is 4.74 Å². The fourth-order valence-electron chi connectivity index (χ4n) is 2.90. The number of fused-ring (bicyclic) bond motifs is 1. The van der Waals surface area contributed by atoms with E-state index in [0.717, 1.165) is 16.9 Å². The number of hydrogen-bond acceptors (Lipinski definition) is 2. The average molecular weight is 268 g/mol. The Morgan fingerprint density at radius 1 is 1.10 bits per heavy atom. The van der Waals surface area contributed by atoms with Crippen molar-refractivity contribution in [1.29, 1.82) is 0 Å². The molecule has 0 aromatic heterocycles. The smallest absolute Gasteiger partial charge is 0.303 e. The highest BCUT2D eigenvalue weighted by Gasteiger charge is 2.33. The van der Waals surface area contributed by atoms with Crippen LogP contribution >= 0.6 is 0 Å². The summed E-state index contributed by atoms with van der Waals surface area (Å²) in [5.41, 5.74) is 2.13. The molecule has 3 rings (SSSR count). The summed E-state index contributed by atoms with van der Waals surface area (Å²) in [5, 5.41) is 9.22. The summed E-state index contributed by atoms with van der Waals surface area (Å²) < 4.78 is 5.81. The van der Waals surface area contributed by atoms with Crippen LogP contribution in [0.3, 0.4) is 0 Å². The number of hydrogen-bond donors (Lipinski definition) is 1. The third-order valence-electron chi connectivity index (χ3n) is 3.84. The van der Waals surface area contributed by atoms with Crippen LogP contribution in [0.4, 0.5) is 0 Å². The van der Waals surface area contributed by atoms with Crippen LogP contribution in [0.25, 0.3) is 0 Å². The highest BCUT2D eigenvalue weighted by Crippen LogP contribution is 2.43. The average Bonchev–Trinajstić information content (AvgIpc) is 2.48. The van der Waals surface area contributed by atoms with Crippen molar-refractivity contribution in [1.82, 2.24) is 0 Å². The van der Waals surface area contributed by atoms with Gasteiger partial charge in [0.2, 0.25) is 0 Å². The molecule has 0 saturated heterocycles. The number of carbonyl (C=O) groups is 1. The van der Waals surface area contributed by atoms with Crippen molar-refractivity contribution >= 4 is 5.97 Å². The van der Waals surface area contributed by atoms with E-state index in [9.17, 15) is 9.90 Å². The molecule has 0 aliphatic carbocycles. The third-order valence-corrected chi connectivity index (χ3v) is 3.84. The molecule has 1 heterocycles. The van der Waals surface area contributed by atoms with E-state index in [2.05, 4.69) is 0 Å². The van der Waals surface area contributed by atoms with Crippen LogP contribution in [0.2, 0.25) is 0 Å². The van der Waals surface area contributed by atoms with E-state index >= 15 is 0 Å². The lowest BCUT2D eigenvalue weighted by molar-refractivity contribution is -0.137. The molecular weight excluding hydrogens is 252 g/mol. The Hall–Kier alpha value is -2.29. The Bertz CT molecular complexity index is 607. The summed E-state index contributed by atoms with van der Waals surface area (Å²) in [6.45, 7) is 0.527. The Morgan fingerprint density at radius 3 is 2.55 bits per heavy atom. The summed E-state index contributed by atoms with van der Waals surface area (Å²) in [4.78, 5) is 11.2. The molecule has 0 unspecified atom stereocenters. The maximum Gasteiger partial charge on any atom is 0.303 e. The second-order valence-corrected chi connectivity index (χ2v) is 5.07. The molecular formula is C17H16O3. The van der Waals surface area contributed by atoms with Crippen LogP contribution in [0.1, 0.15) is 29.4 Å². The lowest BCUT2D eigenvalue weighted by Gasteiger charge is -2.33. The Balaban J connectivity index is 2.01. The highest BCUT2D eigenvalue weighted by molar-refractivity contribution is 5.69. The standard InChI is InChI=1S/C17H16O3/c18-17(19)10-14-13-8-4-5-9-16(13)20-11-15(14)12-6-2-1-3-7-12/h1-9,14-15H,10-11H2,(H,18,19)/t14-,15+/m0/s1. The van der Waals surface area contributed by atoms with Gasteiger partial charge >= 0.3 is 5.97 Å². The minimum Gasteiger partial charge on any atom is -0.493 e. The summed E-state index contributed by atoms with van der Waals surface area (Å²) in [5.74, 6) is 0.0839. The van der Waals surface area contributed by atoms with Crippen LogP contribution in [-0.2, 0) is 4.79 Å². The van der Waals surface area contributed by atoms with Gasteiger partial charge < -0.3 is 9.84 Å². The van der Waals surface area contributed by atoms with E-state index < -0.39 is 5.97 Å². The topological polar surface area (TPSA) is 46.5 Å². The number of ether oxygens (including phenoxy) is 1. The van der Waals surface area contributed by atoms with Crippen LogP contribution in [0, 0.1) is 0 Å². The number of aliphatic carboxylic acids is 1. The number of carboxylic acid groups (broad SMARTS) is 1. The molecule has 1 aliphatic rings. The van der Waals surface area contributed by atoms with Gasteiger partial charge in [-0.25, -0.2) is 0 Å². The monoisotopic (exact) mass is 268 g/mol. The van der Waals surface area contributed by atoms with Crippen molar-refractivity contribution in [2.45, 2.75) is 18.3 Å². The first-order valence-electron chi connectivity index (χ1n) is 6.74. The Kier molecular flexibility index (Phi) is 3.42. The first-order valence-corrected chi connectivity index (χ1v) is 6.74. The molecule has 0 fully saturated rings. The maximum atomic E-state index is 11.2. The quantitative estimate of drug-likeness (QED) is 0.927. The number of para-hydroxylation sites is 1. The van der Waals surface area contributed by atoms with E-state index in [4.69, 9.17) is 4.74 Å². The van der Waals surface area contributed by atoms with Gasteiger partial charge in [0.1, 0.15) is 5.75 Å². The van der Waals surface area contributed by atoms with Gasteiger partial charge in [-0.15, -0.1) is 0 Å². The molecule has 20 heavy (non-hydrogen) atoms. The Morgan fingerprint density at radius 2 is 1.80 bits per heavy atom. The zero-order valence-electron chi connectivity index (χ0n) is 11.0. The lowest BCUT2D eigenvalue weighted by atomic mass is 9.78. The van der Waals surface area contributed by atoms with E-state index in [1.807, 2.05) is 54.6 Å². The fourth-order valence-corrected chi connectivity index (χ4v) is 2.90. The van der Waals surface area contributed by atoms with Crippen molar-refractivity contribution in [2.75, 3.05) is 6.61 Å². The van der Waals surface area contributed by atoms with E-state index in [0.29, 0.717) is 6.61 Å². The van der Waals surface area contributed by atoms with E-state index in [1.165, 1.54) is 0 Å². The zero-order chi connectivity index (χ0) is 13.9. The van der Waals surface area contributed by atoms with Gasteiger partial charge in [-0.2, -0.15) is 0 Å². The first kappa shape index (κ1) is 12.7. The number of rotatable bonds is 3. The molecule has 1 aliphatic heterocycles. The van der Waals surface area contributed by atoms with Crippen LogP contribution in [0.15, 0.2) is 54.6 Å². The van der Waals surface area contributed by atoms with Crippen LogP contribution in [0.5, 0.6) is 5.75 Å². The predicted octanol–water partition coefficient (Wildman–Crippen LogP) is 3.42. The van der Waals surface area contributed by atoms with Gasteiger partial charge in [-0.05, 0) is 17.2 Å². The van der Waals surface area contributed by atoms with Gasteiger partial charge in [-0.3, -0.25) is 4.79 Å². The van der Waals surface area contributed by atoms with Gasteiger partial charge in [0.25, 0.3) is 0 Å². The molecule has 0 spiro atoms. The molecule has 2 aromatic carbocycles. The molecule has 1 N–H and O–H groups in total. The van der Waals surface area contributed by atoms with Crippen molar-refractivity contribution < 1.29 is 14.6 Å². The molecule has 0 amide bonds. The summed E-state index contributed by atoms with van der Waals surface area (Å²) in [6, 6.07) is 17.7. The first-order chi connectivity index (χ1) is 9.75. The second-order valence-electron chi connectivity index (χ2n) is 5.07. The molecule has 2 aromatic rings. The minimum absolute atomic E-state index is 0.0418. The van der Waals surface area contributed by atoms with Crippen molar-refractivity contribution in [3.63, 3.8) is 0 Å². The fraction of sp³-hybridized carbons (Fsp3) is 0.235. The molecule has 0 bridgehead atoms. The van der Waals surface area contributed by atoms with Crippen molar-refractivity contribution in [2.24, 2.45) is 0 Å². The van der Waals surface area contributed by atoms with E-state index in [1.54, 1.807) is 0 Å². The summed E-state index contributed by atoms with van der Waals surface area (Å²) in [6.07, 6.45) is 0.125.